The molecule has 0 saturated carbocycles. The molecule has 0 bridgehead atoms. The highest BCUT2D eigenvalue weighted by Crippen LogP contribution is 2.28. The molecule has 0 aliphatic rings. The fourth-order valence-corrected chi connectivity index (χ4v) is 2.70. The molecule has 124 valence electrons. The van der Waals surface area contributed by atoms with E-state index in [9.17, 15) is 0 Å². The van der Waals surface area contributed by atoms with Crippen LogP contribution in [-0.4, -0.2) is 31.0 Å². The molecule has 3 rings (SSSR count). The van der Waals surface area contributed by atoms with Crippen molar-refractivity contribution in [1.29, 1.82) is 0 Å². The number of hydrogen-bond donors (Lipinski definition) is 2. The number of hydrogen-bond acceptors (Lipinski definition) is 4. The van der Waals surface area contributed by atoms with E-state index >= 15 is 0 Å². The fraction of sp³-hybridized carbons (Fsp3) is 0.211. The monoisotopic (exact) mass is 323 g/mol. The second kappa shape index (κ2) is 7.19. The molecule has 24 heavy (non-hydrogen) atoms. The molecule has 2 aromatic carbocycles. The van der Waals surface area contributed by atoms with Crippen molar-refractivity contribution in [3.05, 3.63) is 65.9 Å². The maximum atomic E-state index is 6.00. The van der Waals surface area contributed by atoms with Gasteiger partial charge in [-0.25, -0.2) is 0 Å². The quantitative estimate of drug-likeness (QED) is 0.731. The Morgan fingerprint density at radius 1 is 0.958 bits per heavy atom. The van der Waals surface area contributed by atoms with Gasteiger partial charge in [0.1, 0.15) is 11.5 Å². The lowest BCUT2D eigenvalue weighted by Gasteiger charge is -2.13. The average Bonchev–Trinajstić information content (AvgIpc) is 3.13. The Balaban J connectivity index is 1.86. The third-order valence-corrected chi connectivity index (χ3v) is 4.11. The normalized spacial score (nSPS) is 12.0. The van der Waals surface area contributed by atoms with Gasteiger partial charge in [0.25, 0.3) is 0 Å². The maximum Gasteiger partial charge on any atom is 0.118 e. The lowest BCUT2D eigenvalue weighted by molar-refractivity contribution is 0.414. The first-order valence-corrected chi connectivity index (χ1v) is 7.79. The number of nitrogens with zero attached hydrogens (tertiary/aromatic N) is 1. The van der Waals surface area contributed by atoms with Crippen LogP contribution in [0.1, 0.15) is 17.2 Å². The van der Waals surface area contributed by atoms with Crippen LogP contribution in [-0.2, 0) is 0 Å². The van der Waals surface area contributed by atoms with Gasteiger partial charge in [-0.15, -0.1) is 0 Å². The summed E-state index contributed by atoms with van der Waals surface area (Å²) in [4.78, 5) is 0. The zero-order valence-corrected chi connectivity index (χ0v) is 13.8. The summed E-state index contributed by atoms with van der Waals surface area (Å²) in [5, 5.41) is 7.54. The molecule has 3 aromatic rings. The average molecular weight is 323 g/mol. The number of rotatable bonds is 6. The topological polar surface area (TPSA) is 73.2 Å². The molecule has 1 heterocycles. The number of nitrogens with one attached hydrogen (secondary N) is 1. The molecule has 1 atom stereocenters. The van der Waals surface area contributed by atoms with Gasteiger partial charge in [0.2, 0.25) is 0 Å². The standard InChI is InChI=1S/C19H21N3O2/c1-23-15-7-3-13(4-8-15)17(12-20)19-11-18(21-22-19)14-5-9-16(24-2)10-6-14/h3-11,17H,12,20H2,1-2H3,(H,21,22). The molecule has 1 aromatic heterocycles. The van der Waals surface area contributed by atoms with Crippen molar-refractivity contribution in [3.63, 3.8) is 0 Å². The molecule has 0 amide bonds. The van der Waals surface area contributed by atoms with Gasteiger partial charge in [0, 0.05) is 23.7 Å². The van der Waals surface area contributed by atoms with E-state index in [1.165, 1.54) is 0 Å². The van der Waals surface area contributed by atoms with E-state index in [-0.39, 0.29) is 5.92 Å². The number of nitrogens with two attached hydrogens (primary N) is 1. The van der Waals surface area contributed by atoms with Gasteiger partial charge in [0.05, 0.1) is 19.9 Å². The van der Waals surface area contributed by atoms with E-state index in [2.05, 4.69) is 10.2 Å². The van der Waals surface area contributed by atoms with Crippen LogP contribution in [0, 0.1) is 0 Å². The van der Waals surface area contributed by atoms with Gasteiger partial charge in [-0.3, -0.25) is 5.10 Å². The number of ether oxygens (including phenoxy) is 2. The summed E-state index contributed by atoms with van der Waals surface area (Å²) in [6.07, 6.45) is 0. The molecule has 3 N–H and O–H groups in total. The van der Waals surface area contributed by atoms with Crippen LogP contribution in [0.25, 0.3) is 11.3 Å². The summed E-state index contributed by atoms with van der Waals surface area (Å²) in [7, 11) is 3.31. The van der Waals surface area contributed by atoms with Crippen molar-refractivity contribution >= 4 is 0 Å². The molecule has 0 aliphatic heterocycles. The molecule has 1 unspecified atom stereocenters. The Hall–Kier alpha value is -2.79. The van der Waals surface area contributed by atoms with Gasteiger partial charge < -0.3 is 15.2 Å². The Kier molecular flexibility index (Phi) is 4.82. The van der Waals surface area contributed by atoms with Crippen molar-refractivity contribution in [1.82, 2.24) is 10.2 Å². The summed E-state index contributed by atoms with van der Waals surface area (Å²) < 4.78 is 10.4. The van der Waals surface area contributed by atoms with Crippen LogP contribution < -0.4 is 15.2 Å². The number of benzene rings is 2. The van der Waals surface area contributed by atoms with Crippen molar-refractivity contribution in [2.45, 2.75) is 5.92 Å². The number of aromatic nitrogens is 2. The van der Waals surface area contributed by atoms with Gasteiger partial charge in [0.15, 0.2) is 0 Å². The van der Waals surface area contributed by atoms with E-state index < -0.39 is 0 Å². The summed E-state index contributed by atoms with van der Waals surface area (Å²) in [5.74, 6) is 1.72. The molecule has 0 aliphatic carbocycles. The zero-order valence-electron chi connectivity index (χ0n) is 13.8. The molecule has 0 saturated heterocycles. The Labute approximate surface area is 141 Å². The summed E-state index contributed by atoms with van der Waals surface area (Å²) in [6, 6.07) is 17.8. The van der Waals surface area contributed by atoms with E-state index in [4.69, 9.17) is 15.2 Å². The third kappa shape index (κ3) is 3.26. The summed E-state index contributed by atoms with van der Waals surface area (Å²) >= 11 is 0. The molecule has 0 radical (unpaired) electrons. The van der Waals surface area contributed by atoms with Crippen LogP contribution in [0.4, 0.5) is 0 Å². The Morgan fingerprint density at radius 3 is 2.08 bits per heavy atom. The molecule has 0 fully saturated rings. The second-order valence-corrected chi connectivity index (χ2v) is 5.50. The SMILES string of the molecule is COc1ccc(-c2cc(C(CN)c3ccc(OC)cc3)[nH]n2)cc1. The fourth-order valence-electron chi connectivity index (χ4n) is 2.70. The van der Waals surface area contributed by atoms with E-state index in [1.807, 2.05) is 54.6 Å². The lowest BCUT2D eigenvalue weighted by atomic mass is 9.95. The first-order valence-electron chi connectivity index (χ1n) is 7.79. The van der Waals surface area contributed by atoms with E-state index in [1.54, 1.807) is 14.2 Å². The van der Waals surface area contributed by atoms with Crippen molar-refractivity contribution < 1.29 is 9.47 Å². The zero-order chi connectivity index (χ0) is 16.9. The van der Waals surface area contributed by atoms with Gasteiger partial charge >= 0.3 is 0 Å². The number of methoxy groups -OCH3 is 2. The minimum Gasteiger partial charge on any atom is -0.497 e. The molecular formula is C19H21N3O2. The van der Waals surface area contributed by atoms with Gasteiger partial charge in [-0.05, 0) is 48.0 Å². The predicted octanol–water partition coefficient (Wildman–Crippen LogP) is 3.18. The predicted molar refractivity (Wildman–Crippen MR) is 94.5 cm³/mol. The van der Waals surface area contributed by atoms with Crippen LogP contribution in [0.2, 0.25) is 0 Å². The van der Waals surface area contributed by atoms with Crippen molar-refractivity contribution in [2.75, 3.05) is 20.8 Å². The van der Waals surface area contributed by atoms with E-state index in [0.717, 1.165) is 34.0 Å². The largest absolute Gasteiger partial charge is 0.497 e. The highest BCUT2D eigenvalue weighted by atomic mass is 16.5. The molecule has 5 heteroatoms. The van der Waals surface area contributed by atoms with Gasteiger partial charge in [-0.2, -0.15) is 5.10 Å². The Bertz CT molecular complexity index is 779. The minimum absolute atomic E-state index is 0.0652. The van der Waals surface area contributed by atoms with Crippen molar-refractivity contribution in [3.8, 4) is 22.8 Å². The number of aromatic amines is 1. The second-order valence-electron chi connectivity index (χ2n) is 5.50. The number of H-pyrrole nitrogens is 1. The third-order valence-electron chi connectivity index (χ3n) is 4.11. The van der Waals surface area contributed by atoms with Crippen LogP contribution >= 0.6 is 0 Å². The highest BCUT2D eigenvalue weighted by molar-refractivity contribution is 5.60. The highest BCUT2D eigenvalue weighted by Gasteiger charge is 2.16. The van der Waals surface area contributed by atoms with Crippen LogP contribution in [0.5, 0.6) is 11.5 Å². The molecule has 0 spiro atoms. The van der Waals surface area contributed by atoms with Crippen molar-refractivity contribution in [2.24, 2.45) is 5.73 Å². The minimum atomic E-state index is 0.0652. The first-order chi connectivity index (χ1) is 11.7. The van der Waals surface area contributed by atoms with E-state index in [0.29, 0.717) is 6.54 Å². The molecule has 5 nitrogen and oxygen atoms in total. The molecular weight excluding hydrogens is 302 g/mol. The van der Waals surface area contributed by atoms with Crippen LogP contribution in [0.15, 0.2) is 54.6 Å². The van der Waals surface area contributed by atoms with Crippen LogP contribution in [0.3, 0.4) is 0 Å². The lowest BCUT2D eigenvalue weighted by Crippen LogP contribution is -2.14. The summed E-state index contributed by atoms with van der Waals surface area (Å²) in [5.41, 5.74) is 10.0. The van der Waals surface area contributed by atoms with Gasteiger partial charge in [-0.1, -0.05) is 12.1 Å². The summed E-state index contributed by atoms with van der Waals surface area (Å²) in [6.45, 7) is 0.497. The first kappa shape index (κ1) is 16.1. The smallest absolute Gasteiger partial charge is 0.118 e. The Morgan fingerprint density at radius 2 is 1.54 bits per heavy atom. The maximum absolute atomic E-state index is 6.00.